The van der Waals surface area contributed by atoms with Gasteiger partial charge in [0.15, 0.2) is 0 Å². The number of carboxylic acid groups (broad SMARTS) is 1. The molecule has 1 amide bonds. The average Bonchev–Trinajstić information content (AvgIpc) is 2.77. The molecule has 84 valence electrons. The zero-order valence-corrected chi connectivity index (χ0v) is 8.22. The molecule has 0 bridgehead atoms. The molecular weight excluding hydrogens is 200 g/mol. The van der Waals surface area contributed by atoms with Crippen LogP contribution in [-0.4, -0.2) is 51.2 Å². The first-order chi connectivity index (χ1) is 6.94. The van der Waals surface area contributed by atoms with Crippen LogP contribution in [0.1, 0.15) is 19.3 Å². The first-order valence-electron chi connectivity index (χ1n) is 4.95. The van der Waals surface area contributed by atoms with Gasteiger partial charge in [-0.25, -0.2) is 4.79 Å². The van der Waals surface area contributed by atoms with Gasteiger partial charge in [0, 0.05) is 13.0 Å². The van der Waals surface area contributed by atoms with Crippen LogP contribution in [-0.2, 0) is 9.59 Å². The van der Waals surface area contributed by atoms with Gasteiger partial charge in [-0.3, -0.25) is 4.79 Å². The standard InChI is InChI=1S/C9H14N2O4/c10-9(1-2-9)8(15)11-4-5(12)3-6(11)7(13)14/h5-6,12H,1-4,10H2,(H,13,14)/t5-,6-/m0/s1. The highest BCUT2D eigenvalue weighted by atomic mass is 16.4. The van der Waals surface area contributed by atoms with Crippen LogP contribution in [0, 0.1) is 0 Å². The third-order valence-electron chi connectivity index (χ3n) is 3.04. The second-order valence-electron chi connectivity index (χ2n) is 4.36. The first kappa shape index (κ1) is 10.4. The number of carbonyl (C=O) groups is 2. The van der Waals surface area contributed by atoms with E-state index in [9.17, 15) is 14.7 Å². The van der Waals surface area contributed by atoms with Crippen molar-refractivity contribution in [2.75, 3.05) is 6.54 Å². The van der Waals surface area contributed by atoms with E-state index in [0.29, 0.717) is 12.8 Å². The molecule has 1 heterocycles. The topological polar surface area (TPSA) is 104 Å². The Kier molecular flexibility index (Phi) is 2.20. The lowest BCUT2D eigenvalue weighted by molar-refractivity contribution is -0.149. The zero-order chi connectivity index (χ0) is 11.2. The van der Waals surface area contributed by atoms with Gasteiger partial charge in [0.05, 0.1) is 11.6 Å². The van der Waals surface area contributed by atoms with Gasteiger partial charge < -0.3 is 20.8 Å². The van der Waals surface area contributed by atoms with Crippen molar-refractivity contribution in [2.24, 2.45) is 5.73 Å². The van der Waals surface area contributed by atoms with E-state index in [2.05, 4.69) is 0 Å². The molecular formula is C9H14N2O4. The Morgan fingerprint density at radius 3 is 2.47 bits per heavy atom. The predicted molar refractivity (Wildman–Crippen MR) is 49.9 cm³/mol. The van der Waals surface area contributed by atoms with Gasteiger partial charge in [0.25, 0.3) is 0 Å². The molecule has 4 N–H and O–H groups in total. The summed E-state index contributed by atoms with van der Waals surface area (Å²) in [5, 5.41) is 18.2. The second-order valence-corrected chi connectivity index (χ2v) is 4.36. The molecule has 15 heavy (non-hydrogen) atoms. The number of carboxylic acids is 1. The fraction of sp³-hybridized carbons (Fsp3) is 0.778. The molecule has 1 saturated carbocycles. The molecule has 0 aromatic heterocycles. The van der Waals surface area contributed by atoms with Crippen LogP contribution in [0.4, 0.5) is 0 Å². The van der Waals surface area contributed by atoms with E-state index in [4.69, 9.17) is 10.8 Å². The van der Waals surface area contributed by atoms with Crippen LogP contribution < -0.4 is 5.73 Å². The zero-order valence-electron chi connectivity index (χ0n) is 8.22. The summed E-state index contributed by atoms with van der Waals surface area (Å²) >= 11 is 0. The molecule has 0 radical (unpaired) electrons. The van der Waals surface area contributed by atoms with E-state index in [1.807, 2.05) is 0 Å². The van der Waals surface area contributed by atoms with Crippen molar-refractivity contribution in [3.63, 3.8) is 0 Å². The van der Waals surface area contributed by atoms with Crippen LogP contribution in [0.3, 0.4) is 0 Å². The maximum atomic E-state index is 11.8. The number of likely N-dealkylation sites (tertiary alicyclic amines) is 1. The lowest BCUT2D eigenvalue weighted by Crippen LogP contribution is -2.50. The van der Waals surface area contributed by atoms with E-state index in [1.165, 1.54) is 4.90 Å². The number of carbonyl (C=O) groups excluding carboxylic acids is 1. The molecule has 6 nitrogen and oxygen atoms in total. The fourth-order valence-corrected chi connectivity index (χ4v) is 1.91. The van der Waals surface area contributed by atoms with Crippen LogP contribution in [0.5, 0.6) is 0 Å². The van der Waals surface area contributed by atoms with Crippen molar-refractivity contribution < 1.29 is 19.8 Å². The number of aliphatic hydroxyl groups excluding tert-OH is 1. The summed E-state index contributed by atoms with van der Waals surface area (Å²) in [7, 11) is 0. The SMILES string of the molecule is NC1(C(=O)N2C[C@@H](O)C[C@H]2C(=O)O)CC1. The molecule has 1 aliphatic heterocycles. The lowest BCUT2D eigenvalue weighted by Gasteiger charge is -2.24. The van der Waals surface area contributed by atoms with Gasteiger partial charge in [-0.15, -0.1) is 0 Å². The number of amides is 1. The van der Waals surface area contributed by atoms with E-state index in [1.54, 1.807) is 0 Å². The van der Waals surface area contributed by atoms with Gasteiger partial charge in [-0.2, -0.15) is 0 Å². The number of aliphatic carboxylic acids is 1. The Hall–Kier alpha value is -1.14. The normalized spacial score (nSPS) is 32.8. The minimum absolute atomic E-state index is 0.0781. The van der Waals surface area contributed by atoms with Gasteiger partial charge in [-0.05, 0) is 12.8 Å². The number of nitrogens with two attached hydrogens (primary N) is 1. The lowest BCUT2D eigenvalue weighted by atomic mass is 10.2. The highest BCUT2D eigenvalue weighted by Gasteiger charge is 2.52. The summed E-state index contributed by atoms with van der Waals surface area (Å²) < 4.78 is 0. The Morgan fingerprint density at radius 1 is 1.40 bits per heavy atom. The minimum atomic E-state index is -1.08. The molecule has 0 unspecified atom stereocenters. The van der Waals surface area contributed by atoms with E-state index in [0.717, 1.165) is 0 Å². The summed E-state index contributed by atoms with van der Waals surface area (Å²) in [5.74, 6) is -1.42. The smallest absolute Gasteiger partial charge is 0.326 e. The minimum Gasteiger partial charge on any atom is -0.480 e. The largest absolute Gasteiger partial charge is 0.480 e. The molecule has 1 aliphatic carbocycles. The van der Waals surface area contributed by atoms with Crippen molar-refractivity contribution in [3.05, 3.63) is 0 Å². The Labute approximate surface area is 86.7 Å². The van der Waals surface area contributed by atoms with Crippen LogP contribution >= 0.6 is 0 Å². The highest BCUT2D eigenvalue weighted by molar-refractivity contribution is 5.92. The third-order valence-corrected chi connectivity index (χ3v) is 3.04. The summed E-state index contributed by atoms with van der Waals surface area (Å²) in [5.41, 5.74) is 4.85. The summed E-state index contributed by atoms with van der Waals surface area (Å²) in [6, 6.07) is -0.923. The molecule has 6 heteroatoms. The number of hydrogen-bond acceptors (Lipinski definition) is 4. The first-order valence-corrected chi connectivity index (χ1v) is 4.95. The highest BCUT2D eigenvalue weighted by Crippen LogP contribution is 2.36. The molecule has 0 spiro atoms. The Morgan fingerprint density at radius 2 is 2.00 bits per heavy atom. The number of nitrogens with zero attached hydrogens (tertiary/aromatic N) is 1. The van der Waals surface area contributed by atoms with E-state index >= 15 is 0 Å². The fourth-order valence-electron chi connectivity index (χ4n) is 1.91. The number of β-amino-alcohol motifs (C(OH)–C–C–N with tert-alkyl or cyclic N) is 1. The molecule has 0 aromatic carbocycles. The molecule has 2 aliphatic rings. The quantitative estimate of drug-likeness (QED) is 0.520. The van der Waals surface area contributed by atoms with Crippen molar-refractivity contribution in [3.8, 4) is 0 Å². The monoisotopic (exact) mass is 214 g/mol. The summed E-state index contributed by atoms with van der Waals surface area (Å²) in [6.07, 6.45) is 0.546. The average molecular weight is 214 g/mol. The number of hydrogen-bond donors (Lipinski definition) is 3. The van der Waals surface area contributed by atoms with Gasteiger partial charge in [-0.1, -0.05) is 0 Å². The predicted octanol–water partition coefficient (Wildman–Crippen LogP) is -1.48. The summed E-state index contributed by atoms with van der Waals surface area (Å²) in [6.45, 7) is 0.0781. The number of rotatable bonds is 2. The van der Waals surface area contributed by atoms with Crippen molar-refractivity contribution in [2.45, 2.75) is 36.9 Å². The second kappa shape index (κ2) is 3.18. The molecule has 0 aromatic rings. The molecule has 2 atom stereocenters. The van der Waals surface area contributed by atoms with Crippen LogP contribution in [0.25, 0.3) is 0 Å². The van der Waals surface area contributed by atoms with Gasteiger partial charge in [0.1, 0.15) is 6.04 Å². The van der Waals surface area contributed by atoms with Crippen LogP contribution in [0.15, 0.2) is 0 Å². The molecule has 1 saturated heterocycles. The van der Waals surface area contributed by atoms with Crippen molar-refractivity contribution >= 4 is 11.9 Å². The molecule has 2 fully saturated rings. The van der Waals surface area contributed by atoms with Crippen LogP contribution in [0.2, 0.25) is 0 Å². The van der Waals surface area contributed by atoms with Gasteiger partial charge >= 0.3 is 5.97 Å². The van der Waals surface area contributed by atoms with Crippen molar-refractivity contribution in [1.82, 2.24) is 4.90 Å². The Balaban J connectivity index is 2.13. The maximum Gasteiger partial charge on any atom is 0.326 e. The van der Waals surface area contributed by atoms with Crippen molar-refractivity contribution in [1.29, 1.82) is 0 Å². The number of aliphatic hydroxyl groups is 1. The third kappa shape index (κ3) is 1.70. The van der Waals surface area contributed by atoms with E-state index < -0.39 is 23.7 Å². The Bertz CT molecular complexity index is 313. The maximum absolute atomic E-state index is 11.8. The molecule has 2 rings (SSSR count). The summed E-state index contributed by atoms with van der Waals surface area (Å²) in [4.78, 5) is 23.9. The van der Waals surface area contributed by atoms with Gasteiger partial charge in [0.2, 0.25) is 5.91 Å². The van der Waals surface area contributed by atoms with E-state index in [-0.39, 0.29) is 18.9 Å².